The van der Waals surface area contributed by atoms with E-state index in [1.165, 1.54) is 6.08 Å². The Bertz CT molecular complexity index is 547. The summed E-state index contributed by atoms with van der Waals surface area (Å²) in [7, 11) is 0. The van der Waals surface area contributed by atoms with E-state index in [9.17, 15) is 4.79 Å². The fourth-order valence-electron chi connectivity index (χ4n) is 1.42. The molecular formula is C12H12BrN3OS. The monoisotopic (exact) mass is 325 g/mol. The summed E-state index contributed by atoms with van der Waals surface area (Å²) in [6, 6.07) is 3.77. The van der Waals surface area contributed by atoms with Crippen LogP contribution in [0.15, 0.2) is 34.4 Å². The summed E-state index contributed by atoms with van der Waals surface area (Å²) in [5, 5.41) is 2.83. The number of hydrogen-bond acceptors (Lipinski definition) is 3. The van der Waals surface area contributed by atoms with E-state index in [4.69, 9.17) is 0 Å². The molecule has 4 nitrogen and oxygen atoms in total. The zero-order chi connectivity index (χ0) is 13.0. The average Bonchev–Trinajstić information content (AvgIpc) is 2.97. The highest BCUT2D eigenvalue weighted by atomic mass is 79.9. The van der Waals surface area contributed by atoms with E-state index < -0.39 is 0 Å². The molecule has 0 radical (unpaired) electrons. The first-order chi connectivity index (χ1) is 8.65. The summed E-state index contributed by atoms with van der Waals surface area (Å²) >= 11 is 4.95. The summed E-state index contributed by atoms with van der Waals surface area (Å²) in [4.78, 5) is 19.8. The summed E-state index contributed by atoms with van der Waals surface area (Å²) in [5.41, 5.74) is 0. The van der Waals surface area contributed by atoms with Crippen LogP contribution in [-0.2, 0) is 4.79 Å². The largest absolute Gasteiger partial charge is 0.347 e. The molecule has 2 aromatic rings. The zero-order valence-corrected chi connectivity index (χ0v) is 12.1. The van der Waals surface area contributed by atoms with Crippen LogP contribution in [0.25, 0.3) is 6.08 Å². The smallest absolute Gasteiger partial charge is 0.244 e. The van der Waals surface area contributed by atoms with Gasteiger partial charge in [0.2, 0.25) is 5.91 Å². The minimum absolute atomic E-state index is 0.132. The summed E-state index contributed by atoms with van der Waals surface area (Å²) < 4.78 is 1.05. The Morgan fingerprint density at radius 3 is 3.06 bits per heavy atom. The van der Waals surface area contributed by atoms with Crippen LogP contribution in [0.3, 0.4) is 0 Å². The molecule has 1 unspecified atom stereocenters. The van der Waals surface area contributed by atoms with Crippen molar-refractivity contribution < 1.29 is 4.79 Å². The Hall–Kier alpha value is -1.40. The summed E-state index contributed by atoms with van der Waals surface area (Å²) in [6.45, 7) is 1.88. The van der Waals surface area contributed by atoms with Crippen LogP contribution in [0.1, 0.15) is 23.7 Å². The van der Waals surface area contributed by atoms with Crippen molar-refractivity contribution in [3.8, 4) is 0 Å². The van der Waals surface area contributed by atoms with Gasteiger partial charge in [-0.25, -0.2) is 4.98 Å². The number of aromatic amines is 1. The number of imidazole rings is 1. The second kappa shape index (κ2) is 5.97. The van der Waals surface area contributed by atoms with Gasteiger partial charge in [0, 0.05) is 23.3 Å². The maximum absolute atomic E-state index is 11.7. The molecule has 2 heterocycles. The molecule has 0 spiro atoms. The molecule has 0 bridgehead atoms. The molecule has 94 valence electrons. The fraction of sp³-hybridized carbons (Fsp3) is 0.167. The Morgan fingerprint density at radius 2 is 2.44 bits per heavy atom. The van der Waals surface area contributed by atoms with Crippen LogP contribution in [-0.4, -0.2) is 15.9 Å². The Balaban J connectivity index is 1.91. The van der Waals surface area contributed by atoms with Crippen molar-refractivity contribution in [3.63, 3.8) is 0 Å². The first kappa shape index (κ1) is 13.0. The molecule has 0 saturated heterocycles. The molecule has 6 heteroatoms. The molecule has 2 N–H and O–H groups in total. The van der Waals surface area contributed by atoms with Crippen molar-refractivity contribution in [3.05, 3.63) is 45.1 Å². The van der Waals surface area contributed by atoms with Crippen LogP contribution in [0.2, 0.25) is 0 Å². The SMILES string of the molecule is CC(NC(=O)/C=C/c1ccc(Br)s1)c1ncc[nH]1. The first-order valence-electron chi connectivity index (χ1n) is 5.38. The van der Waals surface area contributed by atoms with E-state index in [-0.39, 0.29) is 11.9 Å². The van der Waals surface area contributed by atoms with Crippen molar-refractivity contribution in [2.24, 2.45) is 0 Å². The number of nitrogens with one attached hydrogen (secondary N) is 2. The molecule has 0 aliphatic heterocycles. The third-order valence-electron chi connectivity index (χ3n) is 2.28. The number of thiophene rings is 1. The molecule has 0 aliphatic carbocycles. The lowest BCUT2D eigenvalue weighted by Crippen LogP contribution is -2.25. The first-order valence-corrected chi connectivity index (χ1v) is 6.99. The quantitative estimate of drug-likeness (QED) is 0.848. The van der Waals surface area contributed by atoms with Gasteiger partial charge in [-0.15, -0.1) is 11.3 Å². The van der Waals surface area contributed by atoms with Crippen molar-refractivity contribution in [2.45, 2.75) is 13.0 Å². The second-order valence-electron chi connectivity index (χ2n) is 3.68. The van der Waals surface area contributed by atoms with Gasteiger partial charge in [0.15, 0.2) is 0 Å². The van der Waals surface area contributed by atoms with Gasteiger partial charge in [-0.1, -0.05) is 0 Å². The van der Waals surface area contributed by atoms with E-state index in [0.717, 1.165) is 14.5 Å². The number of nitrogens with zero attached hydrogens (tertiary/aromatic N) is 1. The maximum atomic E-state index is 11.7. The Morgan fingerprint density at radius 1 is 1.61 bits per heavy atom. The average molecular weight is 326 g/mol. The molecule has 0 saturated carbocycles. The normalized spacial score (nSPS) is 12.8. The standard InChI is InChI=1S/C12H12BrN3OS/c1-8(12-14-6-7-15-12)16-11(17)5-3-9-2-4-10(13)18-9/h2-8H,1H3,(H,14,15)(H,16,17)/b5-3+. The lowest BCUT2D eigenvalue weighted by atomic mass is 10.3. The number of H-pyrrole nitrogens is 1. The number of hydrogen-bond donors (Lipinski definition) is 2. The third-order valence-corrected chi connectivity index (χ3v) is 3.87. The van der Waals surface area contributed by atoms with Gasteiger partial charge in [-0.3, -0.25) is 4.79 Å². The third kappa shape index (κ3) is 3.54. The van der Waals surface area contributed by atoms with E-state index in [0.29, 0.717) is 0 Å². The molecule has 1 amide bonds. The number of rotatable bonds is 4. The number of carbonyl (C=O) groups excluding carboxylic acids is 1. The number of halogens is 1. The number of amides is 1. The van der Waals surface area contributed by atoms with E-state index >= 15 is 0 Å². The van der Waals surface area contributed by atoms with Gasteiger partial charge in [-0.05, 0) is 41.1 Å². The van der Waals surface area contributed by atoms with Crippen molar-refractivity contribution in [1.82, 2.24) is 15.3 Å². The molecule has 18 heavy (non-hydrogen) atoms. The second-order valence-corrected chi connectivity index (χ2v) is 6.17. The van der Waals surface area contributed by atoms with Crippen molar-refractivity contribution >= 4 is 39.2 Å². The lowest BCUT2D eigenvalue weighted by molar-refractivity contribution is -0.117. The highest BCUT2D eigenvalue weighted by molar-refractivity contribution is 9.11. The van der Waals surface area contributed by atoms with E-state index in [1.807, 2.05) is 19.1 Å². The van der Waals surface area contributed by atoms with E-state index in [2.05, 4.69) is 31.2 Å². The number of carbonyl (C=O) groups is 1. The predicted molar refractivity (Wildman–Crippen MR) is 76.2 cm³/mol. The highest BCUT2D eigenvalue weighted by Gasteiger charge is 2.08. The highest BCUT2D eigenvalue weighted by Crippen LogP contribution is 2.22. The van der Waals surface area contributed by atoms with Crippen LogP contribution < -0.4 is 5.32 Å². The van der Waals surface area contributed by atoms with Crippen LogP contribution in [0.4, 0.5) is 0 Å². The van der Waals surface area contributed by atoms with Gasteiger partial charge in [0.05, 0.1) is 9.83 Å². The van der Waals surface area contributed by atoms with Crippen LogP contribution >= 0.6 is 27.3 Å². The van der Waals surface area contributed by atoms with E-state index in [1.54, 1.807) is 29.8 Å². The lowest BCUT2D eigenvalue weighted by Gasteiger charge is -2.08. The van der Waals surface area contributed by atoms with Gasteiger partial charge >= 0.3 is 0 Å². The molecule has 0 aromatic carbocycles. The van der Waals surface area contributed by atoms with Gasteiger partial charge < -0.3 is 10.3 Å². The summed E-state index contributed by atoms with van der Waals surface area (Å²) in [6.07, 6.45) is 6.71. The van der Waals surface area contributed by atoms with Gasteiger partial charge in [0.1, 0.15) is 5.82 Å². The van der Waals surface area contributed by atoms with Crippen LogP contribution in [0, 0.1) is 0 Å². The Kier molecular flexibility index (Phi) is 4.33. The van der Waals surface area contributed by atoms with Gasteiger partial charge in [0.25, 0.3) is 0 Å². The maximum Gasteiger partial charge on any atom is 0.244 e. The fourth-order valence-corrected chi connectivity index (χ4v) is 2.75. The minimum atomic E-state index is -0.136. The predicted octanol–water partition coefficient (Wildman–Crippen LogP) is 3.12. The molecule has 0 aliphatic rings. The van der Waals surface area contributed by atoms with Gasteiger partial charge in [-0.2, -0.15) is 0 Å². The molecule has 2 rings (SSSR count). The Labute approximate surface area is 117 Å². The topological polar surface area (TPSA) is 57.8 Å². The van der Waals surface area contributed by atoms with Crippen molar-refractivity contribution in [1.29, 1.82) is 0 Å². The molecular weight excluding hydrogens is 314 g/mol. The molecule has 2 aromatic heterocycles. The van der Waals surface area contributed by atoms with Crippen LogP contribution in [0.5, 0.6) is 0 Å². The number of aromatic nitrogens is 2. The summed E-state index contributed by atoms with van der Waals surface area (Å²) in [5.74, 6) is 0.610. The minimum Gasteiger partial charge on any atom is -0.347 e. The molecule has 1 atom stereocenters. The zero-order valence-electron chi connectivity index (χ0n) is 9.68. The van der Waals surface area contributed by atoms with Crippen molar-refractivity contribution in [2.75, 3.05) is 0 Å². The molecule has 0 fully saturated rings.